The molecule has 0 saturated carbocycles. The summed E-state index contributed by atoms with van der Waals surface area (Å²) in [4.78, 5) is 27.1. The Hall–Kier alpha value is -3.32. The molecule has 0 radical (unpaired) electrons. The molecule has 4 nitrogen and oxygen atoms in total. The van der Waals surface area contributed by atoms with Crippen LogP contribution in [-0.4, -0.2) is 16.0 Å². The van der Waals surface area contributed by atoms with Crippen LogP contribution in [0.15, 0.2) is 83.8 Å². The smallest absolute Gasteiger partial charge is 0.293 e. The standard InChI is InChI=1S/C28H18Cl2FNO3S/c29-22-9-4-2-7-18(22)16-35-25-13-12-17-6-1-3-8-19(17)20(25)14-26-27(33)32(28(34)36-26)15-21-23(30)10-5-11-24(21)31/h1-14H,15-16H2/b26-14-. The number of imide groups is 1. The molecule has 4 aromatic carbocycles. The topological polar surface area (TPSA) is 46.6 Å². The molecule has 0 N–H and O–H groups in total. The van der Waals surface area contributed by atoms with Crippen molar-refractivity contribution in [3.05, 3.63) is 116 Å². The molecule has 0 aliphatic carbocycles. The van der Waals surface area contributed by atoms with E-state index < -0.39 is 17.0 Å². The fraction of sp³-hybridized carbons (Fsp3) is 0.0714. The summed E-state index contributed by atoms with van der Waals surface area (Å²) in [7, 11) is 0. The predicted molar refractivity (Wildman–Crippen MR) is 143 cm³/mol. The van der Waals surface area contributed by atoms with Crippen molar-refractivity contribution in [2.24, 2.45) is 0 Å². The van der Waals surface area contributed by atoms with Crippen molar-refractivity contribution < 1.29 is 18.7 Å². The Morgan fingerprint density at radius 2 is 1.64 bits per heavy atom. The summed E-state index contributed by atoms with van der Waals surface area (Å²) in [6.07, 6.45) is 1.65. The normalized spacial score (nSPS) is 14.8. The van der Waals surface area contributed by atoms with E-state index in [9.17, 15) is 14.0 Å². The molecule has 0 aromatic heterocycles. The molecule has 0 spiro atoms. The first-order valence-electron chi connectivity index (χ1n) is 11.0. The molecule has 5 rings (SSSR count). The number of fused-ring (bicyclic) bond motifs is 1. The molecule has 180 valence electrons. The molecule has 8 heteroatoms. The van der Waals surface area contributed by atoms with E-state index in [0.717, 1.165) is 33.0 Å². The van der Waals surface area contributed by atoms with Gasteiger partial charge in [0.1, 0.15) is 18.2 Å². The van der Waals surface area contributed by atoms with E-state index in [1.54, 1.807) is 12.1 Å². The maximum Gasteiger partial charge on any atom is 0.293 e. The maximum absolute atomic E-state index is 14.3. The van der Waals surface area contributed by atoms with Gasteiger partial charge in [0.2, 0.25) is 0 Å². The molecule has 0 atom stereocenters. The maximum atomic E-state index is 14.3. The Morgan fingerprint density at radius 1 is 0.889 bits per heavy atom. The van der Waals surface area contributed by atoms with Crippen molar-refractivity contribution >= 4 is 63.0 Å². The zero-order valence-electron chi connectivity index (χ0n) is 18.7. The molecule has 2 amide bonds. The first-order chi connectivity index (χ1) is 17.4. The fourth-order valence-corrected chi connectivity index (χ4v) is 5.16. The molecule has 4 aromatic rings. The van der Waals surface area contributed by atoms with Gasteiger partial charge in [-0.15, -0.1) is 0 Å². The average molecular weight is 538 g/mol. The van der Waals surface area contributed by atoms with Gasteiger partial charge >= 0.3 is 0 Å². The Bertz CT molecular complexity index is 1520. The van der Waals surface area contributed by atoms with Gasteiger partial charge in [-0.3, -0.25) is 14.5 Å². The van der Waals surface area contributed by atoms with Crippen LogP contribution in [0, 0.1) is 5.82 Å². The van der Waals surface area contributed by atoms with E-state index >= 15 is 0 Å². The second-order valence-corrected chi connectivity index (χ2v) is 9.85. The first kappa shape index (κ1) is 24.4. The van der Waals surface area contributed by atoms with Gasteiger partial charge < -0.3 is 4.74 Å². The lowest BCUT2D eigenvalue weighted by Gasteiger charge is -2.15. The van der Waals surface area contributed by atoms with E-state index in [4.69, 9.17) is 27.9 Å². The number of carbonyl (C=O) groups is 2. The van der Waals surface area contributed by atoms with Gasteiger partial charge in [0.05, 0.1) is 11.4 Å². The number of carbonyl (C=O) groups excluding carboxylic acids is 2. The number of nitrogens with zero attached hydrogens (tertiary/aromatic N) is 1. The lowest BCUT2D eigenvalue weighted by molar-refractivity contribution is -0.123. The van der Waals surface area contributed by atoms with E-state index in [2.05, 4.69) is 0 Å². The van der Waals surface area contributed by atoms with Gasteiger partial charge in [-0.2, -0.15) is 0 Å². The van der Waals surface area contributed by atoms with Gasteiger partial charge in [-0.25, -0.2) is 4.39 Å². The number of amides is 2. The van der Waals surface area contributed by atoms with Gasteiger partial charge in [0, 0.05) is 26.7 Å². The minimum absolute atomic E-state index is 0.0941. The molecule has 0 unspecified atom stereocenters. The minimum Gasteiger partial charge on any atom is -0.488 e. The molecular formula is C28H18Cl2FNO3S. The van der Waals surface area contributed by atoms with Crippen LogP contribution < -0.4 is 4.74 Å². The van der Waals surface area contributed by atoms with E-state index in [1.165, 1.54) is 18.2 Å². The second kappa shape index (κ2) is 10.3. The van der Waals surface area contributed by atoms with Gasteiger partial charge in [-0.05, 0) is 52.9 Å². The Morgan fingerprint density at radius 3 is 2.44 bits per heavy atom. The Kier molecular flexibility index (Phi) is 7.01. The van der Waals surface area contributed by atoms with E-state index in [1.807, 2.05) is 54.6 Å². The highest BCUT2D eigenvalue weighted by Crippen LogP contribution is 2.38. The molecule has 1 heterocycles. The van der Waals surface area contributed by atoms with Crippen LogP contribution in [0.5, 0.6) is 5.75 Å². The predicted octanol–water partition coefficient (Wildman–Crippen LogP) is 8.10. The van der Waals surface area contributed by atoms with Crippen molar-refractivity contribution in [1.29, 1.82) is 0 Å². The van der Waals surface area contributed by atoms with Crippen LogP contribution in [0.25, 0.3) is 16.8 Å². The van der Waals surface area contributed by atoms with Crippen molar-refractivity contribution in [3.8, 4) is 5.75 Å². The third-order valence-electron chi connectivity index (χ3n) is 5.80. The van der Waals surface area contributed by atoms with Crippen LogP contribution in [0.2, 0.25) is 10.0 Å². The molecule has 1 saturated heterocycles. The number of hydrogen-bond acceptors (Lipinski definition) is 4. The average Bonchev–Trinajstić information content (AvgIpc) is 3.13. The first-order valence-corrected chi connectivity index (χ1v) is 12.6. The van der Waals surface area contributed by atoms with Crippen molar-refractivity contribution in [1.82, 2.24) is 4.90 Å². The van der Waals surface area contributed by atoms with Gasteiger partial charge in [0.15, 0.2) is 0 Å². The molecule has 1 fully saturated rings. The van der Waals surface area contributed by atoms with Crippen LogP contribution in [0.4, 0.5) is 9.18 Å². The summed E-state index contributed by atoms with van der Waals surface area (Å²) in [6.45, 7) is -0.0228. The lowest BCUT2D eigenvalue weighted by Crippen LogP contribution is -2.28. The highest BCUT2D eigenvalue weighted by atomic mass is 35.5. The highest BCUT2D eigenvalue weighted by Gasteiger charge is 2.36. The molecule has 36 heavy (non-hydrogen) atoms. The third kappa shape index (κ3) is 4.85. The van der Waals surface area contributed by atoms with Crippen molar-refractivity contribution in [2.45, 2.75) is 13.2 Å². The molecular weight excluding hydrogens is 520 g/mol. The quantitative estimate of drug-likeness (QED) is 0.233. The number of hydrogen-bond donors (Lipinski definition) is 0. The minimum atomic E-state index is -0.574. The summed E-state index contributed by atoms with van der Waals surface area (Å²) >= 11 is 13.2. The van der Waals surface area contributed by atoms with Crippen LogP contribution >= 0.6 is 35.0 Å². The summed E-state index contributed by atoms with van der Waals surface area (Å²) in [6, 6.07) is 23.1. The van der Waals surface area contributed by atoms with Crippen molar-refractivity contribution in [3.63, 3.8) is 0 Å². The fourth-order valence-electron chi connectivity index (χ4n) is 3.93. The summed E-state index contributed by atoms with van der Waals surface area (Å²) in [5.41, 5.74) is 1.58. The zero-order chi connectivity index (χ0) is 25.2. The number of thioether (sulfide) groups is 1. The van der Waals surface area contributed by atoms with Crippen LogP contribution in [0.1, 0.15) is 16.7 Å². The summed E-state index contributed by atoms with van der Waals surface area (Å²) < 4.78 is 20.4. The van der Waals surface area contributed by atoms with E-state index in [-0.39, 0.29) is 28.6 Å². The van der Waals surface area contributed by atoms with Gasteiger partial charge in [0.25, 0.3) is 11.1 Å². The highest BCUT2D eigenvalue weighted by molar-refractivity contribution is 8.18. The van der Waals surface area contributed by atoms with Gasteiger partial charge in [-0.1, -0.05) is 77.8 Å². The van der Waals surface area contributed by atoms with Crippen LogP contribution in [0.3, 0.4) is 0 Å². The zero-order valence-corrected chi connectivity index (χ0v) is 21.0. The van der Waals surface area contributed by atoms with E-state index in [0.29, 0.717) is 16.3 Å². The summed E-state index contributed by atoms with van der Waals surface area (Å²) in [5, 5.41) is 2.06. The third-order valence-corrected chi connectivity index (χ3v) is 7.43. The van der Waals surface area contributed by atoms with Crippen LogP contribution in [-0.2, 0) is 17.9 Å². The molecule has 0 bridgehead atoms. The number of benzene rings is 4. The molecule has 1 aliphatic heterocycles. The number of ether oxygens (including phenoxy) is 1. The second-order valence-electron chi connectivity index (χ2n) is 8.05. The molecule has 1 aliphatic rings. The largest absolute Gasteiger partial charge is 0.488 e. The Labute approximate surface area is 221 Å². The monoisotopic (exact) mass is 537 g/mol. The van der Waals surface area contributed by atoms with Crippen molar-refractivity contribution in [2.75, 3.05) is 0 Å². The number of halogens is 3. The SMILES string of the molecule is O=C1S/C(=C\c2c(OCc3ccccc3Cl)ccc3ccccc23)C(=O)N1Cc1c(F)cccc1Cl. The Balaban J connectivity index is 1.50. The summed E-state index contributed by atoms with van der Waals surface area (Å²) in [5.74, 6) is -0.554. The lowest BCUT2D eigenvalue weighted by atomic mass is 10.0. The number of rotatable bonds is 6.